The van der Waals surface area contributed by atoms with E-state index in [-0.39, 0.29) is 12.1 Å². The van der Waals surface area contributed by atoms with E-state index in [1.807, 2.05) is 66.7 Å². The van der Waals surface area contributed by atoms with Crippen LogP contribution in [0.2, 0.25) is 0 Å². The van der Waals surface area contributed by atoms with Crippen LogP contribution in [0.15, 0.2) is 88.5 Å². The van der Waals surface area contributed by atoms with Crippen LogP contribution in [0.3, 0.4) is 0 Å². The summed E-state index contributed by atoms with van der Waals surface area (Å²) in [7, 11) is 0. The van der Waals surface area contributed by atoms with Crippen molar-refractivity contribution in [2.75, 3.05) is 0 Å². The van der Waals surface area contributed by atoms with Gasteiger partial charge in [-0.3, -0.25) is 9.36 Å². The minimum absolute atomic E-state index is 0.0945. The second kappa shape index (κ2) is 6.90. The lowest BCUT2D eigenvalue weighted by Crippen LogP contribution is -2.20. The van der Waals surface area contributed by atoms with Crippen LogP contribution in [0.1, 0.15) is 5.89 Å². The lowest BCUT2D eigenvalue weighted by molar-refractivity contribution is 0.484. The first-order chi connectivity index (χ1) is 13.8. The Balaban J connectivity index is 1.48. The van der Waals surface area contributed by atoms with Crippen molar-refractivity contribution in [1.29, 1.82) is 0 Å². The number of rotatable bonds is 4. The second-order valence-electron chi connectivity index (χ2n) is 6.36. The van der Waals surface area contributed by atoms with E-state index in [0.29, 0.717) is 17.0 Å². The maximum absolute atomic E-state index is 12.9. The molecule has 0 saturated carbocycles. The summed E-state index contributed by atoms with van der Waals surface area (Å²) in [4.78, 5) is 23.4. The summed E-state index contributed by atoms with van der Waals surface area (Å²) < 4.78 is 7.35. The van der Waals surface area contributed by atoms with Crippen LogP contribution in [0.5, 0.6) is 0 Å². The predicted octanol–water partition coefficient (Wildman–Crippen LogP) is 4.83. The molecule has 0 atom stereocenters. The summed E-state index contributed by atoms with van der Waals surface area (Å²) in [5, 5.41) is 0.612. The standard InChI is InChI=1S/C22H15N3O2S/c26-22-17-11-19(16-9-5-2-6-10-16)28-21(17)24-14-25(22)13-20-23-12-18(27-20)15-7-3-1-4-8-15/h1-12,14H,13H2. The summed E-state index contributed by atoms with van der Waals surface area (Å²) in [6, 6.07) is 21.7. The Hall–Kier alpha value is -3.51. The molecule has 5 rings (SSSR count). The first-order valence-corrected chi connectivity index (χ1v) is 9.64. The Labute approximate surface area is 164 Å². The molecule has 5 nitrogen and oxygen atoms in total. The van der Waals surface area contributed by atoms with Crippen molar-refractivity contribution in [1.82, 2.24) is 14.5 Å². The summed E-state index contributed by atoms with van der Waals surface area (Å²) >= 11 is 1.52. The number of nitrogens with zero attached hydrogens (tertiary/aromatic N) is 3. The molecule has 28 heavy (non-hydrogen) atoms. The van der Waals surface area contributed by atoms with Crippen LogP contribution < -0.4 is 5.56 Å². The van der Waals surface area contributed by atoms with Gasteiger partial charge in [-0.15, -0.1) is 11.3 Å². The van der Waals surface area contributed by atoms with Crippen LogP contribution in [0, 0.1) is 0 Å². The van der Waals surface area contributed by atoms with Crippen LogP contribution in [-0.2, 0) is 6.54 Å². The molecule has 0 aliphatic heterocycles. The molecule has 6 heteroatoms. The van der Waals surface area contributed by atoms with Crippen LogP contribution in [-0.4, -0.2) is 14.5 Å². The highest BCUT2D eigenvalue weighted by atomic mass is 32.1. The molecule has 5 aromatic rings. The minimum atomic E-state index is -0.0945. The van der Waals surface area contributed by atoms with Crippen molar-refractivity contribution in [2.24, 2.45) is 0 Å². The highest BCUT2D eigenvalue weighted by Gasteiger charge is 2.12. The predicted molar refractivity (Wildman–Crippen MR) is 110 cm³/mol. The monoisotopic (exact) mass is 385 g/mol. The highest BCUT2D eigenvalue weighted by molar-refractivity contribution is 7.21. The zero-order valence-electron chi connectivity index (χ0n) is 14.8. The fraction of sp³-hybridized carbons (Fsp3) is 0.0455. The zero-order chi connectivity index (χ0) is 18.9. The van der Waals surface area contributed by atoms with E-state index in [0.717, 1.165) is 20.8 Å². The quantitative estimate of drug-likeness (QED) is 0.445. The zero-order valence-corrected chi connectivity index (χ0v) is 15.6. The van der Waals surface area contributed by atoms with E-state index < -0.39 is 0 Å². The molecule has 0 unspecified atom stereocenters. The molecule has 0 spiro atoms. The Morgan fingerprint density at radius 2 is 1.64 bits per heavy atom. The molecule has 136 valence electrons. The number of oxazole rings is 1. The molecule has 0 aliphatic carbocycles. The number of thiophene rings is 1. The second-order valence-corrected chi connectivity index (χ2v) is 7.39. The Bertz CT molecular complexity index is 1300. The molecule has 0 bridgehead atoms. The molecule has 3 heterocycles. The molecule has 0 aliphatic rings. The van der Waals surface area contributed by atoms with Gasteiger partial charge in [-0.2, -0.15) is 0 Å². The molecule has 0 N–H and O–H groups in total. The van der Waals surface area contributed by atoms with Crippen LogP contribution >= 0.6 is 11.3 Å². The maximum atomic E-state index is 12.9. The molecule has 0 saturated heterocycles. The van der Waals surface area contributed by atoms with Crippen molar-refractivity contribution < 1.29 is 4.42 Å². The van der Waals surface area contributed by atoms with Crippen LogP contribution in [0.25, 0.3) is 32.0 Å². The lowest BCUT2D eigenvalue weighted by atomic mass is 10.2. The molecule has 0 amide bonds. The minimum Gasteiger partial charge on any atom is -0.439 e. The Kier molecular flexibility index (Phi) is 4.10. The van der Waals surface area contributed by atoms with Crippen molar-refractivity contribution in [3.05, 3.63) is 95.5 Å². The number of aromatic nitrogens is 3. The van der Waals surface area contributed by atoms with E-state index in [1.165, 1.54) is 15.9 Å². The van der Waals surface area contributed by atoms with Crippen molar-refractivity contribution in [3.63, 3.8) is 0 Å². The van der Waals surface area contributed by atoms with E-state index in [2.05, 4.69) is 9.97 Å². The van der Waals surface area contributed by atoms with Crippen molar-refractivity contribution >= 4 is 21.6 Å². The third-order valence-corrected chi connectivity index (χ3v) is 5.59. The van der Waals surface area contributed by atoms with E-state index in [1.54, 1.807) is 12.5 Å². The van der Waals surface area contributed by atoms with Gasteiger partial charge in [0.25, 0.3) is 5.56 Å². The Morgan fingerprint density at radius 1 is 0.929 bits per heavy atom. The molecule has 3 aromatic heterocycles. The van der Waals surface area contributed by atoms with Gasteiger partial charge in [0.1, 0.15) is 11.4 Å². The lowest BCUT2D eigenvalue weighted by Gasteiger charge is -2.01. The van der Waals surface area contributed by atoms with Gasteiger partial charge in [-0.25, -0.2) is 9.97 Å². The molecule has 2 aromatic carbocycles. The largest absolute Gasteiger partial charge is 0.439 e. The molecule has 0 fully saturated rings. The van der Waals surface area contributed by atoms with Gasteiger partial charge in [0.05, 0.1) is 17.9 Å². The molecular weight excluding hydrogens is 370 g/mol. The average molecular weight is 385 g/mol. The fourth-order valence-electron chi connectivity index (χ4n) is 3.08. The van der Waals surface area contributed by atoms with E-state index in [9.17, 15) is 4.79 Å². The van der Waals surface area contributed by atoms with Gasteiger partial charge in [-0.1, -0.05) is 60.7 Å². The summed E-state index contributed by atoms with van der Waals surface area (Å²) in [6.45, 7) is 0.241. The SMILES string of the molecule is O=c1c2cc(-c3ccccc3)sc2ncn1Cc1ncc(-c2ccccc2)o1. The number of hydrogen-bond donors (Lipinski definition) is 0. The van der Waals surface area contributed by atoms with Gasteiger partial charge in [0.15, 0.2) is 5.76 Å². The third-order valence-electron chi connectivity index (χ3n) is 4.49. The van der Waals surface area contributed by atoms with Crippen LogP contribution in [0.4, 0.5) is 0 Å². The van der Waals surface area contributed by atoms with E-state index in [4.69, 9.17) is 4.42 Å². The first kappa shape index (κ1) is 16.6. The number of hydrogen-bond acceptors (Lipinski definition) is 5. The Morgan fingerprint density at radius 3 is 2.39 bits per heavy atom. The van der Waals surface area contributed by atoms with Crippen molar-refractivity contribution in [2.45, 2.75) is 6.54 Å². The number of fused-ring (bicyclic) bond motifs is 1. The maximum Gasteiger partial charge on any atom is 0.262 e. The molecule has 0 radical (unpaired) electrons. The van der Waals surface area contributed by atoms with Gasteiger partial charge >= 0.3 is 0 Å². The summed E-state index contributed by atoms with van der Waals surface area (Å²) in [5.41, 5.74) is 1.94. The third kappa shape index (κ3) is 3.04. The first-order valence-electron chi connectivity index (χ1n) is 8.82. The van der Waals surface area contributed by atoms with Gasteiger partial charge in [-0.05, 0) is 11.6 Å². The smallest absolute Gasteiger partial charge is 0.262 e. The van der Waals surface area contributed by atoms with Crippen molar-refractivity contribution in [3.8, 4) is 21.8 Å². The normalized spacial score (nSPS) is 11.1. The van der Waals surface area contributed by atoms with E-state index >= 15 is 0 Å². The summed E-state index contributed by atoms with van der Waals surface area (Å²) in [5.74, 6) is 1.15. The fourth-order valence-corrected chi connectivity index (χ4v) is 4.08. The molecular formula is C22H15N3O2S. The van der Waals surface area contributed by atoms with Gasteiger partial charge in [0, 0.05) is 10.4 Å². The summed E-state index contributed by atoms with van der Waals surface area (Å²) in [6.07, 6.45) is 3.24. The highest BCUT2D eigenvalue weighted by Crippen LogP contribution is 2.30. The average Bonchev–Trinajstić information content (AvgIpc) is 3.39. The number of benzene rings is 2. The topological polar surface area (TPSA) is 60.9 Å². The van der Waals surface area contributed by atoms with Gasteiger partial charge in [0.2, 0.25) is 5.89 Å². The van der Waals surface area contributed by atoms with Gasteiger partial charge < -0.3 is 4.42 Å².